The molecule has 1 aromatic heterocycles. The van der Waals surface area contributed by atoms with E-state index < -0.39 is 0 Å². The number of nitrogens with one attached hydrogen (secondary N) is 1. The lowest BCUT2D eigenvalue weighted by molar-refractivity contribution is 0.257. The Hall–Kier alpha value is -1.67. The van der Waals surface area contributed by atoms with Crippen molar-refractivity contribution in [3.63, 3.8) is 0 Å². The highest BCUT2D eigenvalue weighted by Crippen LogP contribution is 2.06. The molecule has 1 N–H and O–H groups in total. The lowest BCUT2D eigenvalue weighted by atomic mass is 10.2. The molecule has 1 heterocycles. The monoisotopic (exact) mass is 247 g/mol. The zero-order chi connectivity index (χ0) is 13.4. The molecule has 0 aliphatic rings. The molecule has 1 unspecified atom stereocenters. The van der Waals surface area contributed by atoms with Crippen molar-refractivity contribution in [1.29, 1.82) is 5.26 Å². The lowest BCUT2D eigenvalue weighted by Crippen LogP contribution is -2.28. The maximum Gasteiger partial charge on any atom is 0.222 e. The highest BCUT2D eigenvalue weighted by molar-refractivity contribution is 5.24. The molecule has 0 saturated carbocycles. The highest BCUT2D eigenvalue weighted by atomic mass is 15.1. The van der Waals surface area contributed by atoms with E-state index in [0.717, 1.165) is 31.9 Å². The molecule has 0 fully saturated rings. The summed E-state index contributed by atoms with van der Waals surface area (Å²) in [7, 11) is 0. The van der Waals surface area contributed by atoms with E-state index in [4.69, 9.17) is 5.26 Å². The van der Waals surface area contributed by atoms with Crippen molar-refractivity contribution in [2.24, 2.45) is 5.92 Å². The van der Waals surface area contributed by atoms with Gasteiger partial charge >= 0.3 is 0 Å². The number of hydrogen-bond donors (Lipinski definition) is 1. The minimum Gasteiger partial charge on any atom is -0.354 e. The number of aromatic nitrogens is 2. The first-order valence-corrected chi connectivity index (χ1v) is 6.37. The van der Waals surface area contributed by atoms with Gasteiger partial charge in [-0.3, -0.25) is 4.90 Å². The Morgan fingerprint density at radius 3 is 2.89 bits per heavy atom. The predicted molar refractivity (Wildman–Crippen MR) is 71.9 cm³/mol. The van der Waals surface area contributed by atoms with Crippen LogP contribution < -0.4 is 5.32 Å². The Balaban J connectivity index is 2.64. The van der Waals surface area contributed by atoms with Crippen LogP contribution in [0.5, 0.6) is 0 Å². The summed E-state index contributed by atoms with van der Waals surface area (Å²) in [6, 6.07) is 4.18. The minimum atomic E-state index is 0.0417. The van der Waals surface area contributed by atoms with Crippen LogP contribution >= 0.6 is 0 Å². The average Bonchev–Trinajstić information content (AvgIpc) is 2.38. The van der Waals surface area contributed by atoms with Gasteiger partial charge in [0.05, 0.1) is 17.7 Å². The van der Waals surface area contributed by atoms with Gasteiger partial charge in [0.2, 0.25) is 5.95 Å². The number of anilines is 1. The van der Waals surface area contributed by atoms with Crippen molar-refractivity contribution in [3.8, 4) is 6.07 Å². The third-order valence-electron chi connectivity index (χ3n) is 2.63. The summed E-state index contributed by atoms with van der Waals surface area (Å²) in [5.74, 6) is 0.708. The van der Waals surface area contributed by atoms with Crippen LogP contribution in [-0.4, -0.2) is 34.5 Å². The Bertz CT molecular complexity index is 399. The fourth-order valence-electron chi connectivity index (χ4n) is 1.69. The highest BCUT2D eigenvalue weighted by Gasteiger charge is 2.09. The molecule has 0 aromatic carbocycles. The van der Waals surface area contributed by atoms with E-state index in [2.05, 4.69) is 33.2 Å². The molecular weight excluding hydrogens is 226 g/mol. The third kappa shape index (κ3) is 4.68. The Labute approximate surface area is 109 Å². The molecule has 0 bridgehead atoms. The molecule has 1 atom stereocenters. The molecule has 1 rings (SSSR count). The number of hydrogen-bond acceptors (Lipinski definition) is 5. The molecule has 5 heteroatoms. The number of nitrogens with zero attached hydrogens (tertiary/aromatic N) is 4. The first-order valence-electron chi connectivity index (χ1n) is 6.37. The number of rotatable bonds is 7. The minimum absolute atomic E-state index is 0.0417. The summed E-state index contributed by atoms with van der Waals surface area (Å²) < 4.78 is 0. The van der Waals surface area contributed by atoms with Crippen molar-refractivity contribution < 1.29 is 0 Å². The van der Waals surface area contributed by atoms with E-state index in [1.807, 2.05) is 19.9 Å². The second-order valence-corrected chi connectivity index (χ2v) is 4.26. The second kappa shape index (κ2) is 7.62. The summed E-state index contributed by atoms with van der Waals surface area (Å²) in [6.07, 6.45) is 1.77. The SMILES string of the molecule is CCNc1nccc(CN(CC)CC(C)C#N)n1. The van der Waals surface area contributed by atoms with Crippen molar-refractivity contribution >= 4 is 5.95 Å². The van der Waals surface area contributed by atoms with Gasteiger partial charge in [-0.25, -0.2) is 9.97 Å². The summed E-state index contributed by atoms with van der Waals surface area (Å²) in [5, 5.41) is 11.9. The standard InChI is InChI=1S/C13H21N5/c1-4-15-13-16-7-6-12(17-13)10-18(5-2)9-11(3)8-14/h6-7,11H,4-5,9-10H2,1-3H3,(H,15,16,17). The van der Waals surface area contributed by atoms with Crippen LogP contribution in [-0.2, 0) is 6.54 Å². The van der Waals surface area contributed by atoms with Gasteiger partial charge in [-0.1, -0.05) is 6.92 Å². The van der Waals surface area contributed by atoms with E-state index in [1.165, 1.54) is 0 Å². The van der Waals surface area contributed by atoms with Gasteiger partial charge in [-0.05, 0) is 26.5 Å². The van der Waals surface area contributed by atoms with Gasteiger partial charge in [0.25, 0.3) is 0 Å². The van der Waals surface area contributed by atoms with Crippen molar-refractivity contribution in [2.75, 3.05) is 25.0 Å². The smallest absolute Gasteiger partial charge is 0.222 e. The summed E-state index contributed by atoms with van der Waals surface area (Å²) >= 11 is 0. The zero-order valence-electron chi connectivity index (χ0n) is 11.3. The van der Waals surface area contributed by atoms with Gasteiger partial charge in [-0.15, -0.1) is 0 Å². The molecule has 0 saturated heterocycles. The van der Waals surface area contributed by atoms with Crippen LogP contribution in [0.2, 0.25) is 0 Å². The fraction of sp³-hybridized carbons (Fsp3) is 0.615. The average molecular weight is 247 g/mol. The van der Waals surface area contributed by atoms with E-state index in [0.29, 0.717) is 5.95 Å². The molecular formula is C13H21N5. The van der Waals surface area contributed by atoms with Gasteiger partial charge < -0.3 is 5.32 Å². The molecule has 5 nitrogen and oxygen atoms in total. The molecule has 0 spiro atoms. The zero-order valence-corrected chi connectivity index (χ0v) is 11.3. The van der Waals surface area contributed by atoms with Gasteiger partial charge in [0.1, 0.15) is 0 Å². The first-order chi connectivity index (χ1) is 8.69. The summed E-state index contributed by atoms with van der Waals surface area (Å²) in [4.78, 5) is 10.8. The van der Waals surface area contributed by atoms with Gasteiger partial charge in [0.15, 0.2) is 0 Å². The molecule has 0 radical (unpaired) electrons. The Morgan fingerprint density at radius 2 is 2.28 bits per heavy atom. The van der Waals surface area contributed by atoms with Crippen molar-refractivity contribution in [2.45, 2.75) is 27.3 Å². The van der Waals surface area contributed by atoms with Crippen molar-refractivity contribution in [3.05, 3.63) is 18.0 Å². The van der Waals surface area contributed by atoms with Crippen LogP contribution in [0.25, 0.3) is 0 Å². The van der Waals surface area contributed by atoms with Crippen LogP contribution in [0.1, 0.15) is 26.5 Å². The van der Waals surface area contributed by atoms with E-state index >= 15 is 0 Å². The summed E-state index contributed by atoms with van der Waals surface area (Å²) in [6.45, 7) is 9.29. The fourth-order valence-corrected chi connectivity index (χ4v) is 1.69. The molecule has 18 heavy (non-hydrogen) atoms. The molecule has 98 valence electrons. The third-order valence-corrected chi connectivity index (χ3v) is 2.63. The van der Waals surface area contributed by atoms with Gasteiger partial charge in [0, 0.05) is 25.8 Å². The van der Waals surface area contributed by atoms with E-state index in [1.54, 1.807) is 6.20 Å². The van der Waals surface area contributed by atoms with E-state index in [-0.39, 0.29) is 5.92 Å². The normalized spacial score (nSPS) is 12.2. The molecule has 0 aliphatic heterocycles. The Morgan fingerprint density at radius 1 is 1.50 bits per heavy atom. The number of nitriles is 1. The maximum absolute atomic E-state index is 8.85. The second-order valence-electron chi connectivity index (χ2n) is 4.26. The largest absolute Gasteiger partial charge is 0.354 e. The topological polar surface area (TPSA) is 64.8 Å². The first kappa shape index (κ1) is 14.4. The van der Waals surface area contributed by atoms with Crippen molar-refractivity contribution in [1.82, 2.24) is 14.9 Å². The Kier molecular flexibility index (Phi) is 6.09. The van der Waals surface area contributed by atoms with Crippen LogP contribution in [0.3, 0.4) is 0 Å². The van der Waals surface area contributed by atoms with Crippen LogP contribution in [0.15, 0.2) is 12.3 Å². The molecule has 1 aromatic rings. The van der Waals surface area contributed by atoms with Crippen LogP contribution in [0.4, 0.5) is 5.95 Å². The quantitative estimate of drug-likeness (QED) is 0.797. The molecule has 0 amide bonds. The van der Waals surface area contributed by atoms with E-state index in [9.17, 15) is 0 Å². The summed E-state index contributed by atoms with van der Waals surface area (Å²) in [5.41, 5.74) is 0.980. The maximum atomic E-state index is 8.85. The van der Waals surface area contributed by atoms with Gasteiger partial charge in [-0.2, -0.15) is 5.26 Å². The molecule has 0 aliphatic carbocycles. The lowest BCUT2D eigenvalue weighted by Gasteiger charge is -2.21. The van der Waals surface area contributed by atoms with Crippen LogP contribution in [0, 0.1) is 17.2 Å². The predicted octanol–water partition coefficient (Wildman–Crippen LogP) is 1.89.